The number of benzene rings is 1. The third-order valence-corrected chi connectivity index (χ3v) is 4.95. The van der Waals surface area contributed by atoms with E-state index >= 15 is 0 Å². The van der Waals surface area contributed by atoms with Crippen LogP contribution in [0.5, 0.6) is 0 Å². The van der Waals surface area contributed by atoms with Gasteiger partial charge in [-0.25, -0.2) is 0 Å². The molecule has 0 saturated carbocycles. The Hall–Kier alpha value is -0.870. The third kappa shape index (κ3) is 7.49. The molecule has 0 aliphatic carbocycles. The lowest BCUT2D eigenvalue weighted by Crippen LogP contribution is -2.43. The number of hydrogen-bond donors (Lipinski definition) is 1. The Balaban J connectivity index is 1.56. The van der Waals surface area contributed by atoms with Crippen molar-refractivity contribution in [1.82, 2.24) is 10.2 Å². The van der Waals surface area contributed by atoms with Crippen LogP contribution in [0.1, 0.15) is 51.0 Å². The number of carbonyl (C=O) groups excluding carboxylic acids is 1. The normalized spacial score (nSPS) is 17.0. The summed E-state index contributed by atoms with van der Waals surface area (Å²) in [5.74, 6) is 0.199. The van der Waals surface area contributed by atoms with E-state index in [0.29, 0.717) is 6.42 Å². The molecule has 1 aliphatic rings. The highest BCUT2D eigenvalue weighted by atomic mass is 79.9. The van der Waals surface area contributed by atoms with Crippen molar-refractivity contribution in [2.45, 2.75) is 57.9 Å². The van der Waals surface area contributed by atoms with Crippen molar-refractivity contribution in [2.24, 2.45) is 0 Å². The molecule has 128 valence electrons. The van der Waals surface area contributed by atoms with Gasteiger partial charge in [-0.2, -0.15) is 0 Å². The zero-order chi connectivity index (χ0) is 16.5. The molecule has 1 aromatic carbocycles. The second kappa shape index (κ2) is 10.1. The van der Waals surface area contributed by atoms with Gasteiger partial charge in [0.1, 0.15) is 0 Å². The second-order valence-corrected chi connectivity index (χ2v) is 7.58. The molecule has 1 amide bonds. The zero-order valence-corrected chi connectivity index (χ0v) is 15.8. The molecule has 1 aromatic rings. The van der Waals surface area contributed by atoms with Gasteiger partial charge in [0.2, 0.25) is 5.91 Å². The van der Waals surface area contributed by atoms with Crippen LogP contribution in [0.15, 0.2) is 28.7 Å². The topological polar surface area (TPSA) is 32.3 Å². The molecule has 4 heteroatoms. The van der Waals surface area contributed by atoms with Gasteiger partial charge in [-0.15, -0.1) is 0 Å². The van der Waals surface area contributed by atoms with E-state index in [1.165, 1.54) is 37.9 Å². The Morgan fingerprint density at radius 3 is 2.57 bits per heavy atom. The Morgan fingerprint density at radius 1 is 1.17 bits per heavy atom. The highest BCUT2D eigenvalue weighted by Crippen LogP contribution is 2.13. The molecule has 0 spiro atoms. The molecule has 23 heavy (non-hydrogen) atoms. The van der Waals surface area contributed by atoms with Crippen molar-refractivity contribution in [3.8, 4) is 0 Å². The molecule has 3 nitrogen and oxygen atoms in total. The summed E-state index contributed by atoms with van der Waals surface area (Å²) < 4.78 is 1.11. The van der Waals surface area contributed by atoms with Crippen LogP contribution >= 0.6 is 15.9 Å². The average Bonchev–Trinajstić information content (AvgIpc) is 2.54. The number of unbranched alkanes of at least 4 members (excludes halogenated alkanes) is 1. The van der Waals surface area contributed by atoms with Gasteiger partial charge < -0.3 is 10.2 Å². The van der Waals surface area contributed by atoms with Crippen molar-refractivity contribution in [2.75, 3.05) is 19.6 Å². The van der Waals surface area contributed by atoms with Crippen molar-refractivity contribution in [3.63, 3.8) is 0 Å². The van der Waals surface area contributed by atoms with E-state index in [9.17, 15) is 4.79 Å². The van der Waals surface area contributed by atoms with Crippen LogP contribution in [0.3, 0.4) is 0 Å². The summed E-state index contributed by atoms with van der Waals surface area (Å²) in [5.41, 5.74) is 1.34. The van der Waals surface area contributed by atoms with Gasteiger partial charge in [0, 0.05) is 23.5 Å². The quantitative estimate of drug-likeness (QED) is 0.686. The van der Waals surface area contributed by atoms with Crippen LogP contribution in [0.2, 0.25) is 0 Å². The predicted molar refractivity (Wildman–Crippen MR) is 99.6 cm³/mol. The Bertz CT molecular complexity index is 469. The summed E-state index contributed by atoms with van der Waals surface area (Å²) in [6.07, 6.45) is 7.67. The molecule has 0 aromatic heterocycles. The summed E-state index contributed by atoms with van der Waals surface area (Å²) in [6.45, 7) is 5.49. The molecule has 0 radical (unpaired) electrons. The molecule has 1 saturated heterocycles. The molecular weight excluding hydrogens is 352 g/mol. The smallest absolute Gasteiger partial charge is 0.220 e. The highest BCUT2D eigenvalue weighted by molar-refractivity contribution is 9.10. The standard InChI is InChI=1S/C19H29BrN2O/c1-16(15-22-13-5-2-6-14-22)21-19(23)8-4-3-7-17-9-11-18(20)12-10-17/h9-12,16H,2-8,13-15H2,1H3,(H,21,23). The fourth-order valence-corrected chi connectivity index (χ4v) is 3.45. The molecule has 1 unspecified atom stereocenters. The van der Waals surface area contributed by atoms with Crippen LogP contribution < -0.4 is 5.32 Å². The number of hydrogen-bond acceptors (Lipinski definition) is 2. The Kier molecular flexibility index (Phi) is 8.10. The van der Waals surface area contributed by atoms with Gasteiger partial charge in [0.05, 0.1) is 0 Å². The van der Waals surface area contributed by atoms with Gasteiger partial charge in [-0.3, -0.25) is 4.79 Å². The summed E-state index contributed by atoms with van der Waals surface area (Å²) in [4.78, 5) is 14.5. The largest absolute Gasteiger partial charge is 0.352 e. The van der Waals surface area contributed by atoms with E-state index in [0.717, 1.165) is 30.3 Å². The first kappa shape index (κ1) is 18.5. The molecule has 1 heterocycles. The van der Waals surface area contributed by atoms with Crippen LogP contribution in [-0.2, 0) is 11.2 Å². The molecule has 1 atom stereocenters. The van der Waals surface area contributed by atoms with Crippen LogP contribution in [0.4, 0.5) is 0 Å². The lowest BCUT2D eigenvalue weighted by molar-refractivity contribution is -0.121. The van der Waals surface area contributed by atoms with Crippen LogP contribution in [0, 0.1) is 0 Å². The molecule has 0 bridgehead atoms. The number of likely N-dealkylation sites (tertiary alicyclic amines) is 1. The van der Waals surface area contributed by atoms with Gasteiger partial charge in [0.15, 0.2) is 0 Å². The number of amides is 1. The average molecular weight is 381 g/mol. The number of aryl methyl sites for hydroxylation is 1. The first-order valence-electron chi connectivity index (χ1n) is 8.89. The van der Waals surface area contributed by atoms with E-state index in [4.69, 9.17) is 0 Å². The van der Waals surface area contributed by atoms with Crippen molar-refractivity contribution in [3.05, 3.63) is 34.3 Å². The minimum atomic E-state index is 0.199. The van der Waals surface area contributed by atoms with E-state index in [1.807, 2.05) is 0 Å². The highest BCUT2D eigenvalue weighted by Gasteiger charge is 2.14. The first-order chi connectivity index (χ1) is 11.1. The van der Waals surface area contributed by atoms with Gasteiger partial charge in [-0.1, -0.05) is 34.5 Å². The third-order valence-electron chi connectivity index (χ3n) is 4.42. The van der Waals surface area contributed by atoms with Crippen LogP contribution in [0.25, 0.3) is 0 Å². The molecule has 1 fully saturated rings. The molecule has 2 rings (SSSR count). The number of nitrogens with one attached hydrogen (secondary N) is 1. The fourth-order valence-electron chi connectivity index (χ4n) is 3.19. The molecular formula is C19H29BrN2O. The van der Waals surface area contributed by atoms with E-state index in [1.54, 1.807) is 0 Å². The predicted octanol–water partition coefficient (Wildman–Crippen LogP) is 4.15. The Morgan fingerprint density at radius 2 is 1.87 bits per heavy atom. The summed E-state index contributed by atoms with van der Waals surface area (Å²) >= 11 is 3.45. The number of halogens is 1. The number of rotatable bonds is 8. The summed E-state index contributed by atoms with van der Waals surface area (Å²) in [5, 5.41) is 3.15. The number of carbonyl (C=O) groups is 1. The van der Waals surface area contributed by atoms with E-state index < -0.39 is 0 Å². The lowest BCUT2D eigenvalue weighted by atomic mass is 10.1. The van der Waals surface area contributed by atoms with Crippen molar-refractivity contribution in [1.29, 1.82) is 0 Å². The van der Waals surface area contributed by atoms with E-state index in [2.05, 4.69) is 57.3 Å². The minimum Gasteiger partial charge on any atom is -0.352 e. The maximum Gasteiger partial charge on any atom is 0.220 e. The minimum absolute atomic E-state index is 0.199. The van der Waals surface area contributed by atoms with Gasteiger partial charge >= 0.3 is 0 Å². The van der Waals surface area contributed by atoms with E-state index in [-0.39, 0.29) is 11.9 Å². The fraction of sp³-hybridized carbons (Fsp3) is 0.632. The zero-order valence-electron chi connectivity index (χ0n) is 14.2. The van der Waals surface area contributed by atoms with Crippen LogP contribution in [-0.4, -0.2) is 36.5 Å². The van der Waals surface area contributed by atoms with Crippen molar-refractivity contribution >= 4 is 21.8 Å². The summed E-state index contributed by atoms with van der Waals surface area (Å²) in [7, 11) is 0. The number of nitrogens with zero attached hydrogens (tertiary/aromatic N) is 1. The SMILES string of the molecule is CC(CN1CCCCC1)NC(=O)CCCCc1ccc(Br)cc1. The molecule has 1 N–H and O–H groups in total. The lowest BCUT2D eigenvalue weighted by Gasteiger charge is -2.29. The monoisotopic (exact) mass is 380 g/mol. The first-order valence-corrected chi connectivity index (χ1v) is 9.69. The second-order valence-electron chi connectivity index (χ2n) is 6.66. The molecule has 1 aliphatic heterocycles. The summed E-state index contributed by atoms with van der Waals surface area (Å²) in [6, 6.07) is 8.69. The maximum atomic E-state index is 12.0. The van der Waals surface area contributed by atoms with Gasteiger partial charge in [0.25, 0.3) is 0 Å². The van der Waals surface area contributed by atoms with Gasteiger partial charge in [-0.05, 0) is 69.8 Å². The maximum absolute atomic E-state index is 12.0. The van der Waals surface area contributed by atoms with Crippen molar-refractivity contribution < 1.29 is 4.79 Å². The number of piperidine rings is 1. The Labute approximate surface area is 149 Å².